The van der Waals surface area contributed by atoms with Crippen LogP contribution in [-0.2, 0) is 28.7 Å². The summed E-state index contributed by atoms with van der Waals surface area (Å²) in [4.78, 5) is 47.3. The van der Waals surface area contributed by atoms with Crippen molar-refractivity contribution in [2.24, 2.45) is 57.2 Å². The van der Waals surface area contributed by atoms with Gasteiger partial charge < -0.3 is 9.47 Å². The molecule has 0 aliphatic heterocycles. The summed E-state index contributed by atoms with van der Waals surface area (Å²) in [5.74, 6) is 5.74. The van der Waals surface area contributed by atoms with Crippen LogP contribution in [0.3, 0.4) is 0 Å². The van der Waals surface area contributed by atoms with Crippen LogP contribution in [0.5, 0.6) is 0 Å². The number of Topliss-reactive ketones (excluding diaryl/α,β-unsaturated/α-hetero) is 2. The Hall–Kier alpha value is -2.24. The summed E-state index contributed by atoms with van der Waals surface area (Å²) < 4.78 is 11.0. The van der Waals surface area contributed by atoms with Gasteiger partial charge in [-0.25, -0.2) is 0 Å². The Balaban J connectivity index is 0.000000122. The zero-order valence-electron chi connectivity index (χ0n) is 21.7. The summed E-state index contributed by atoms with van der Waals surface area (Å²) in [5.41, 5.74) is -0.825. The van der Waals surface area contributed by atoms with Gasteiger partial charge >= 0.3 is 11.9 Å². The van der Waals surface area contributed by atoms with Gasteiger partial charge in [0.15, 0.2) is 0 Å². The summed E-state index contributed by atoms with van der Waals surface area (Å²) in [6.07, 6.45) is 11.7. The lowest BCUT2D eigenvalue weighted by atomic mass is 9.57. The van der Waals surface area contributed by atoms with Crippen LogP contribution in [0.15, 0.2) is 23.7 Å². The monoisotopic (exact) mass is 492 g/mol. The predicted molar refractivity (Wildman–Crippen MR) is 129 cm³/mol. The summed E-state index contributed by atoms with van der Waals surface area (Å²) in [6.45, 7) is 7.12. The molecule has 0 heterocycles. The van der Waals surface area contributed by atoms with Gasteiger partial charge in [0.1, 0.15) is 23.1 Å². The van der Waals surface area contributed by atoms with Crippen molar-refractivity contribution in [3.8, 4) is 0 Å². The lowest BCUT2D eigenvalue weighted by Crippen LogP contribution is -2.45. The fraction of sp³-hybridized carbons (Fsp3) is 0.733. The number of rotatable bonds is 2. The van der Waals surface area contributed by atoms with Crippen LogP contribution in [0.4, 0.5) is 0 Å². The largest absolute Gasteiger partial charge is 0.431 e. The van der Waals surface area contributed by atoms with Crippen LogP contribution in [0, 0.1) is 57.2 Å². The molecule has 8 aliphatic rings. The van der Waals surface area contributed by atoms with Gasteiger partial charge in [0.25, 0.3) is 0 Å². The Bertz CT molecular complexity index is 1100. The molecule has 8 aliphatic carbocycles. The molecule has 10 atom stereocenters. The second-order valence-corrected chi connectivity index (χ2v) is 13.3. The SMILES string of the molecule is CC(=O)OC1=C[C@H]2[C@H]3CC[C@@]4(C)C(=O)CC[C@@]14[C@@H]23.CC(=O)OC1=C[C@H]2[C@H]3CC[C@@]4(C)C(=O)CC[C@@]14[C@@H]23. The summed E-state index contributed by atoms with van der Waals surface area (Å²) in [5, 5.41) is 0. The molecule has 0 aromatic heterocycles. The Labute approximate surface area is 212 Å². The maximum Gasteiger partial charge on any atom is 0.307 e. The van der Waals surface area contributed by atoms with Gasteiger partial charge in [0, 0.05) is 48.3 Å². The molecule has 192 valence electrons. The fourth-order valence-corrected chi connectivity index (χ4v) is 10.6. The summed E-state index contributed by atoms with van der Waals surface area (Å²) >= 11 is 0. The topological polar surface area (TPSA) is 86.7 Å². The first-order chi connectivity index (χ1) is 17.0. The van der Waals surface area contributed by atoms with Crippen LogP contribution in [0.25, 0.3) is 0 Å². The number of allylic oxidation sites excluding steroid dienone is 4. The molecule has 2 spiro atoms. The number of fused-ring (bicyclic) bond motifs is 2. The third kappa shape index (κ3) is 2.41. The van der Waals surface area contributed by atoms with Crippen molar-refractivity contribution in [1.29, 1.82) is 0 Å². The zero-order chi connectivity index (χ0) is 25.4. The average molecular weight is 493 g/mol. The minimum atomic E-state index is -0.277. The molecule has 0 bridgehead atoms. The molecule has 6 fully saturated rings. The van der Waals surface area contributed by atoms with E-state index in [0.717, 1.165) is 49.0 Å². The molecule has 0 amide bonds. The number of carbonyl (C=O) groups is 4. The Morgan fingerprint density at radius 1 is 0.722 bits per heavy atom. The highest BCUT2D eigenvalue weighted by molar-refractivity contribution is 5.90. The Morgan fingerprint density at radius 2 is 1.11 bits per heavy atom. The highest BCUT2D eigenvalue weighted by Gasteiger charge is 2.78. The fourth-order valence-electron chi connectivity index (χ4n) is 10.6. The van der Waals surface area contributed by atoms with Crippen molar-refractivity contribution in [2.45, 2.75) is 79.1 Å². The molecule has 0 aromatic rings. The molecule has 6 saturated carbocycles. The number of esters is 2. The molecule has 6 heteroatoms. The Kier molecular flexibility index (Phi) is 4.32. The van der Waals surface area contributed by atoms with Gasteiger partial charge in [0.05, 0.1) is 0 Å². The normalized spacial score (nSPS) is 51.6. The van der Waals surface area contributed by atoms with Crippen LogP contribution in [-0.4, -0.2) is 23.5 Å². The van der Waals surface area contributed by atoms with E-state index >= 15 is 0 Å². The van der Waals surface area contributed by atoms with Crippen LogP contribution >= 0.6 is 0 Å². The van der Waals surface area contributed by atoms with Crippen LogP contribution < -0.4 is 0 Å². The van der Waals surface area contributed by atoms with Gasteiger partial charge in [-0.15, -0.1) is 0 Å². The van der Waals surface area contributed by atoms with Crippen molar-refractivity contribution in [2.75, 3.05) is 0 Å². The third-order valence-electron chi connectivity index (χ3n) is 12.3. The lowest BCUT2D eigenvalue weighted by Gasteiger charge is -2.46. The Morgan fingerprint density at radius 3 is 1.47 bits per heavy atom. The summed E-state index contributed by atoms with van der Waals surface area (Å²) in [7, 11) is 0. The number of hydrogen-bond acceptors (Lipinski definition) is 6. The van der Waals surface area contributed by atoms with Crippen LogP contribution in [0.1, 0.15) is 79.1 Å². The van der Waals surface area contributed by atoms with Crippen molar-refractivity contribution >= 4 is 23.5 Å². The highest BCUT2D eigenvalue weighted by atomic mass is 16.5. The maximum atomic E-state index is 12.3. The van der Waals surface area contributed by atoms with E-state index in [0.29, 0.717) is 48.1 Å². The van der Waals surface area contributed by atoms with E-state index in [1.165, 1.54) is 26.7 Å². The van der Waals surface area contributed by atoms with E-state index in [1.807, 2.05) is 0 Å². The van der Waals surface area contributed by atoms with Gasteiger partial charge in [-0.05, 0) is 86.2 Å². The van der Waals surface area contributed by atoms with Gasteiger partial charge in [0.2, 0.25) is 0 Å². The first-order valence-electron chi connectivity index (χ1n) is 13.9. The maximum absolute atomic E-state index is 12.3. The number of carbonyl (C=O) groups excluding carboxylic acids is 4. The lowest BCUT2D eigenvalue weighted by molar-refractivity contribution is -0.144. The molecule has 36 heavy (non-hydrogen) atoms. The number of ketones is 2. The van der Waals surface area contributed by atoms with Crippen molar-refractivity contribution < 1.29 is 28.7 Å². The quantitative estimate of drug-likeness (QED) is 0.509. The molecule has 0 aromatic carbocycles. The van der Waals surface area contributed by atoms with E-state index in [9.17, 15) is 19.2 Å². The molecular formula is C30H36O6. The molecule has 0 N–H and O–H groups in total. The van der Waals surface area contributed by atoms with E-state index in [2.05, 4.69) is 26.0 Å². The van der Waals surface area contributed by atoms with Gasteiger partial charge in [-0.3, -0.25) is 19.2 Å². The number of hydrogen-bond donors (Lipinski definition) is 0. The predicted octanol–water partition coefficient (Wildman–Crippen LogP) is 4.92. The average Bonchev–Trinajstić information content (AvgIpc) is 3.53. The minimum absolute atomic E-state index is 0.136. The number of ether oxygens (including phenoxy) is 2. The standard InChI is InChI=1S/2C15H18O3/c2*1-8(16)18-12-7-10-9-3-5-14(2)11(17)4-6-15(12,14)13(9)10/h2*7,9-10,13H,3-6H2,1-2H3/t2*9-,10+,13-,14+,15+/m11/s1. The minimum Gasteiger partial charge on any atom is -0.431 e. The highest BCUT2D eigenvalue weighted by Crippen LogP contribution is 2.81. The molecule has 0 saturated heterocycles. The third-order valence-corrected chi connectivity index (χ3v) is 12.3. The summed E-state index contributed by atoms with van der Waals surface area (Å²) in [6, 6.07) is 0. The second-order valence-electron chi connectivity index (χ2n) is 13.3. The van der Waals surface area contributed by atoms with Crippen LogP contribution in [0.2, 0.25) is 0 Å². The van der Waals surface area contributed by atoms with E-state index < -0.39 is 0 Å². The van der Waals surface area contributed by atoms with E-state index in [-0.39, 0.29) is 33.6 Å². The smallest absolute Gasteiger partial charge is 0.307 e. The first-order valence-corrected chi connectivity index (χ1v) is 13.9. The van der Waals surface area contributed by atoms with Gasteiger partial charge in [-0.2, -0.15) is 0 Å². The van der Waals surface area contributed by atoms with E-state index in [1.54, 1.807) is 0 Å². The molecule has 0 radical (unpaired) electrons. The van der Waals surface area contributed by atoms with Crippen molar-refractivity contribution in [3.05, 3.63) is 23.7 Å². The van der Waals surface area contributed by atoms with Gasteiger partial charge in [-0.1, -0.05) is 13.8 Å². The molecular weight excluding hydrogens is 456 g/mol. The molecule has 8 rings (SSSR count). The first kappa shape index (κ1) is 22.9. The molecule has 6 nitrogen and oxygen atoms in total. The zero-order valence-corrected chi connectivity index (χ0v) is 21.7. The second kappa shape index (κ2) is 6.79. The molecule has 0 unspecified atom stereocenters. The van der Waals surface area contributed by atoms with E-state index in [4.69, 9.17) is 9.47 Å². The van der Waals surface area contributed by atoms with Crippen molar-refractivity contribution in [1.82, 2.24) is 0 Å². The van der Waals surface area contributed by atoms with Crippen molar-refractivity contribution in [3.63, 3.8) is 0 Å².